The summed E-state index contributed by atoms with van der Waals surface area (Å²) in [5.74, 6) is 2.77. The van der Waals surface area contributed by atoms with Crippen molar-refractivity contribution in [2.24, 2.45) is 16.3 Å². The first kappa shape index (κ1) is 26.1. The Bertz CT molecular complexity index is 972. The normalized spacial score (nSPS) is 20.7. The number of halogens is 2. The van der Waals surface area contributed by atoms with Crippen LogP contribution in [0.4, 0.5) is 11.6 Å². The fourth-order valence-corrected chi connectivity index (χ4v) is 6.26. The van der Waals surface area contributed by atoms with Crippen LogP contribution in [0.25, 0.3) is 0 Å². The lowest BCUT2D eigenvalue weighted by atomic mass is 9.75. The number of allylic oxidation sites excluding steroid dienone is 2. The largest absolute Gasteiger partial charge is 0.355 e. The topological polar surface area (TPSA) is 80.5 Å². The molecule has 186 valence electrons. The number of aromatic nitrogens is 2. The third-order valence-electron chi connectivity index (χ3n) is 7.32. The molecule has 0 saturated carbocycles. The smallest absolute Gasteiger partial charge is 0.161 e. The summed E-state index contributed by atoms with van der Waals surface area (Å²) in [5, 5.41) is 13.1. The van der Waals surface area contributed by atoms with Gasteiger partial charge in [-0.25, -0.2) is 15.0 Å². The maximum absolute atomic E-state index is 9.02. The van der Waals surface area contributed by atoms with Gasteiger partial charge in [-0.05, 0) is 71.9 Å². The molecule has 1 saturated heterocycles. The molecule has 1 aromatic heterocycles. The number of hydrogen-bond acceptors (Lipinski definition) is 6. The molecule has 0 spiro atoms. The zero-order valence-corrected chi connectivity index (χ0v) is 24.3. The highest BCUT2D eigenvalue weighted by Crippen LogP contribution is 2.38. The molecule has 3 aliphatic heterocycles. The lowest BCUT2D eigenvalue weighted by molar-refractivity contribution is 0.212. The van der Waals surface area contributed by atoms with Crippen molar-refractivity contribution < 1.29 is 0 Å². The van der Waals surface area contributed by atoms with Gasteiger partial charge in [-0.1, -0.05) is 38.8 Å². The van der Waals surface area contributed by atoms with Gasteiger partial charge in [0.1, 0.15) is 16.7 Å². The van der Waals surface area contributed by atoms with E-state index in [0.717, 1.165) is 68.4 Å². The lowest BCUT2D eigenvalue weighted by Crippen LogP contribution is -2.40. The number of piperidine rings is 1. The average Bonchev–Trinajstić information content (AvgIpc) is 2.82. The van der Waals surface area contributed by atoms with E-state index < -0.39 is 0 Å². The molecule has 10 heteroatoms. The quantitative estimate of drug-likeness (QED) is 0.150. The molecule has 1 aromatic rings. The minimum atomic E-state index is 0.400. The molecule has 4 heterocycles. The van der Waals surface area contributed by atoms with Crippen molar-refractivity contribution in [1.29, 1.82) is 5.41 Å². The zero-order valence-electron chi connectivity index (χ0n) is 20.4. The van der Waals surface area contributed by atoms with E-state index in [4.69, 9.17) is 27.0 Å². The number of aliphatic imine (C=N–C) groups is 1. The molecule has 0 bridgehead atoms. The summed E-state index contributed by atoms with van der Waals surface area (Å²) in [7, 11) is 0. The SMILES string of the molecule is CC(C)CCC1(C)CCN(c2cnc(C(=N)N3CCCC4=C3CCC(Cl)=N4)c(NPI)n2)CC1. The van der Waals surface area contributed by atoms with Crippen molar-refractivity contribution in [3.8, 4) is 0 Å². The first-order chi connectivity index (χ1) is 16.3. The van der Waals surface area contributed by atoms with Gasteiger partial charge in [0.25, 0.3) is 0 Å². The van der Waals surface area contributed by atoms with Crippen LogP contribution in [0.3, 0.4) is 0 Å². The molecule has 3 aliphatic rings. The first-order valence-electron chi connectivity index (χ1n) is 12.3. The second-order valence-corrected chi connectivity index (χ2v) is 12.9. The van der Waals surface area contributed by atoms with Gasteiger partial charge in [0.2, 0.25) is 0 Å². The summed E-state index contributed by atoms with van der Waals surface area (Å²) in [6.07, 6.45) is 10.7. The summed E-state index contributed by atoms with van der Waals surface area (Å²) in [6, 6.07) is 0. The minimum Gasteiger partial charge on any atom is -0.355 e. The number of hydrogen-bond donors (Lipinski definition) is 2. The highest BCUT2D eigenvalue weighted by molar-refractivity contribution is 14.2. The van der Waals surface area contributed by atoms with Gasteiger partial charge in [0, 0.05) is 38.1 Å². The number of nitrogens with one attached hydrogen (secondary N) is 2. The van der Waals surface area contributed by atoms with E-state index in [1.165, 1.54) is 25.7 Å². The molecule has 1 atom stereocenters. The van der Waals surface area contributed by atoms with Crippen molar-refractivity contribution >= 4 is 62.7 Å². The molecular weight excluding hydrogens is 580 g/mol. The molecular formula is C24H36ClIN7P. The number of rotatable bonds is 7. The molecule has 0 radical (unpaired) electrons. The van der Waals surface area contributed by atoms with Crippen molar-refractivity contribution in [3.63, 3.8) is 0 Å². The molecule has 0 aromatic carbocycles. The summed E-state index contributed by atoms with van der Waals surface area (Å²) in [5.41, 5.74) is 3.18. The van der Waals surface area contributed by atoms with Crippen molar-refractivity contribution in [1.82, 2.24) is 14.9 Å². The van der Waals surface area contributed by atoms with Crippen LogP contribution in [0.5, 0.6) is 0 Å². The molecule has 0 amide bonds. The second kappa shape index (κ2) is 11.4. The van der Waals surface area contributed by atoms with Crippen LogP contribution in [0, 0.1) is 16.7 Å². The standard InChI is InChI=1S/C24H36ClIN7P/c1-16(2)8-9-24(3)10-13-32(14-11-24)20-15-28-21(23(30-20)31-34-26)22(27)33-12-4-5-17-18(33)6-7-19(25)29-17/h15-16,27,34H,4-14H2,1-3H3,(H,30,31). The van der Waals surface area contributed by atoms with Gasteiger partial charge in [-0.15, -0.1) is 0 Å². The van der Waals surface area contributed by atoms with Crippen LogP contribution in [-0.2, 0) is 0 Å². The van der Waals surface area contributed by atoms with Crippen molar-refractivity contribution in [3.05, 3.63) is 23.3 Å². The predicted molar refractivity (Wildman–Crippen MR) is 154 cm³/mol. The Morgan fingerprint density at radius 2 is 2.03 bits per heavy atom. The highest BCUT2D eigenvalue weighted by Gasteiger charge is 2.32. The molecule has 2 N–H and O–H groups in total. The highest BCUT2D eigenvalue weighted by atomic mass is 127. The molecule has 0 aliphatic carbocycles. The molecule has 1 unspecified atom stereocenters. The van der Waals surface area contributed by atoms with Crippen LogP contribution in [-0.4, -0.2) is 45.5 Å². The van der Waals surface area contributed by atoms with E-state index in [1.54, 1.807) is 0 Å². The van der Waals surface area contributed by atoms with E-state index in [-0.39, 0.29) is 0 Å². The molecule has 7 nitrogen and oxygen atoms in total. The average molecular weight is 616 g/mol. The third-order valence-corrected chi connectivity index (χ3v) is 8.73. The summed E-state index contributed by atoms with van der Waals surface area (Å²) >= 11 is 8.51. The summed E-state index contributed by atoms with van der Waals surface area (Å²) in [4.78, 5) is 18.7. The van der Waals surface area contributed by atoms with E-state index in [9.17, 15) is 0 Å². The predicted octanol–water partition coefficient (Wildman–Crippen LogP) is 6.94. The number of anilines is 2. The monoisotopic (exact) mass is 615 g/mol. The Morgan fingerprint density at radius 3 is 2.74 bits per heavy atom. The lowest BCUT2D eigenvalue weighted by Gasteiger charge is -2.40. The van der Waals surface area contributed by atoms with E-state index in [0.29, 0.717) is 34.3 Å². The second-order valence-electron chi connectivity index (χ2n) is 10.4. The Balaban J connectivity index is 1.51. The van der Waals surface area contributed by atoms with Gasteiger partial charge in [-0.2, -0.15) is 0 Å². The fraction of sp³-hybridized carbons (Fsp3) is 0.667. The van der Waals surface area contributed by atoms with Gasteiger partial charge in [0.05, 0.1) is 11.9 Å². The van der Waals surface area contributed by atoms with Crippen LogP contribution >= 0.6 is 40.0 Å². The van der Waals surface area contributed by atoms with E-state index in [1.807, 2.05) is 6.20 Å². The van der Waals surface area contributed by atoms with Crippen LogP contribution in [0.1, 0.15) is 77.8 Å². The fourth-order valence-electron chi connectivity index (χ4n) is 5.04. The minimum absolute atomic E-state index is 0.400. The maximum Gasteiger partial charge on any atom is 0.161 e. The van der Waals surface area contributed by atoms with Crippen LogP contribution in [0.15, 0.2) is 22.6 Å². The van der Waals surface area contributed by atoms with Crippen LogP contribution in [0.2, 0.25) is 0 Å². The number of nitrogens with zero attached hydrogens (tertiary/aromatic N) is 5. The summed E-state index contributed by atoms with van der Waals surface area (Å²) in [6.45, 7) is 9.89. The Hall–Kier alpha value is -0.990. The van der Waals surface area contributed by atoms with Gasteiger partial charge < -0.3 is 14.9 Å². The molecule has 4 rings (SSSR count). The third kappa shape index (κ3) is 6.04. The molecule has 34 heavy (non-hydrogen) atoms. The maximum atomic E-state index is 9.02. The van der Waals surface area contributed by atoms with Gasteiger partial charge in [-0.3, -0.25) is 5.41 Å². The number of amidine groups is 1. The Labute approximate surface area is 223 Å². The molecule has 1 fully saturated rings. The van der Waals surface area contributed by atoms with Crippen molar-refractivity contribution in [2.45, 2.75) is 72.1 Å². The first-order valence-corrected chi connectivity index (χ1v) is 16.8. The summed E-state index contributed by atoms with van der Waals surface area (Å²) < 4.78 is 0. The van der Waals surface area contributed by atoms with Gasteiger partial charge >= 0.3 is 0 Å². The van der Waals surface area contributed by atoms with Crippen molar-refractivity contribution in [2.75, 3.05) is 29.6 Å². The van der Waals surface area contributed by atoms with Gasteiger partial charge in [0.15, 0.2) is 11.7 Å². The zero-order chi connectivity index (χ0) is 24.3. The van der Waals surface area contributed by atoms with E-state index in [2.05, 4.69) is 62.7 Å². The Morgan fingerprint density at radius 1 is 1.26 bits per heavy atom. The Kier molecular flexibility index (Phi) is 8.73. The van der Waals surface area contributed by atoms with E-state index >= 15 is 0 Å². The van der Waals surface area contributed by atoms with Crippen LogP contribution < -0.4 is 9.99 Å².